The van der Waals surface area contributed by atoms with Crippen molar-refractivity contribution < 1.29 is 0 Å². The summed E-state index contributed by atoms with van der Waals surface area (Å²) < 4.78 is 2.12. The molecule has 0 radical (unpaired) electrons. The van der Waals surface area contributed by atoms with Gasteiger partial charge in [-0.05, 0) is 38.0 Å². The summed E-state index contributed by atoms with van der Waals surface area (Å²) in [5.74, 6) is 1.84. The van der Waals surface area contributed by atoms with Crippen LogP contribution in [0.4, 0.5) is 11.8 Å². The van der Waals surface area contributed by atoms with Crippen LogP contribution in [-0.4, -0.2) is 55.5 Å². The highest BCUT2D eigenvalue weighted by molar-refractivity contribution is 5.68. The molecule has 7 heteroatoms. The molecule has 5 heterocycles. The topological polar surface area (TPSA) is 61.6 Å². The third-order valence-electron chi connectivity index (χ3n) is 6.95. The predicted octanol–water partition coefficient (Wildman–Crippen LogP) is 4.07. The Morgan fingerprint density at radius 1 is 1.00 bits per heavy atom. The number of piperazine rings is 1. The zero-order valence-corrected chi connectivity index (χ0v) is 19.1. The normalized spacial score (nSPS) is 20.3. The summed E-state index contributed by atoms with van der Waals surface area (Å²) in [4.78, 5) is 19.4. The van der Waals surface area contributed by atoms with Crippen LogP contribution >= 0.6 is 0 Å². The quantitative estimate of drug-likeness (QED) is 0.489. The van der Waals surface area contributed by atoms with Gasteiger partial charge in [0.1, 0.15) is 11.5 Å². The van der Waals surface area contributed by atoms with Crippen LogP contribution in [0.1, 0.15) is 25.8 Å². The number of hydrogen-bond donors (Lipinski definition) is 1. The van der Waals surface area contributed by atoms with E-state index in [2.05, 4.69) is 79.7 Å². The highest BCUT2D eigenvalue weighted by atomic mass is 15.4. The first kappa shape index (κ1) is 20.2. The lowest BCUT2D eigenvalue weighted by Crippen LogP contribution is -2.49. The Kier molecular flexibility index (Phi) is 4.99. The molecule has 0 unspecified atom stereocenters. The fourth-order valence-corrected chi connectivity index (χ4v) is 5.31. The molecule has 0 saturated carbocycles. The Morgan fingerprint density at radius 2 is 1.88 bits per heavy atom. The average molecular weight is 440 g/mol. The van der Waals surface area contributed by atoms with E-state index in [-0.39, 0.29) is 0 Å². The van der Waals surface area contributed by atoms with Crippen LogP contribution in [0, 0.1) is 0 Å². The van der Waals surface area contributed by atoms with E-state index in [1.807, 2.05) is 30.7 Å². The summed E-state index contributed by atoms with van der Waals surface area (Å²) in [7, 11) is 0. The first-order chi connectivity index (χ1) is 16.2. The molecule has 2 bridgehead atoms. The largest absolute Gasteiger partial charge is 0.366 e. The number of benzene rings is 1. The molecule has 0 aliphatic carbocycles. The maximum atomic E-state index is 5.15. The number of hydrogen-bond acceptors (Lipinski definition) is 6. The van der Waals surface area contributed by atoms with E-state index in [0.717, 1.165) is 48.3 Å². The Morgan fingerprint density at radius 3 is 2.67 bits per heavy atom. The second kappa shape index (κ2) is 8.15. The summed E-state index contributed by atoms with van der Waals surface area (Å²) in [6, 6.07) is 18.2. The highest BCUT2D eigenvalue weighted by Gasteiger charge is 2.45. The average Bonchev–Trinajstić information content (AvgIpc) is 3.58. The van der Waals surface area contributed by atoms with Gasteiger partial charge in [-0.25, -0.2) is 15.0 Å². The second-order valence-electron chi connectivity index (χ2n) is 9.35. The first-order valence-electron chi connectivity index (χ1n) is 11.8. The lowest BCUT2D eigenvalue weighted by molar-refractivity contribution is 0.190. The minimum Gasteiger partial charge on any atom is -0.366 e. The van der Waals surface area contributed by atoms with Crippen molar-refractivity contribution in [2.45, 2.75) is 44.9 Å². The van der Waals surface area contributed by atoms with Crippen molar-refractivity contribution in [1.29, 1.82) is 0 Å². The Hall–Kier alpha value is -3.45. The number of likely N-dealkylation sites (tertiary alicyclic amines) is 1. The van der Waals surface area contributed by atoms with E-state index >= 15 is 0 Å². The van der Waals surface area contributed by atoms with E-state index in [4.69, 9.17) is 4.98 Å². The molecule has 1 N–H and O–H groups in total. The van der Waals surface area contributed by atoms with Crippen molar-refractivity contribution in [1.82, 2.24) is 24.3 Å². The number of nitrogens with zero attached hydrogens (tertiary/aromatic N) is 6. The SMILES string of the molecule is CC(C)N1C[C@@H]2C[C@H]1CN2c1nc(-c2ccnc(NCc3ccccc3)c2)cc2nccn12. The number of imidazole rings is 1. The molecule has 2 aliphatic rings. The molecule has 1 aromatic carbocycles. The summed E-state index contributed by atoms with van der Waals surface area (Å²) >= 11 is 0. The number of anilines is 2. The maximum absolute atomic E-state index is 5.15. The van der Waals surface area contributed by atoms with Crippen molar-refractivity contribution in [3.8, 4) is 11.3 Å². The van der Waals surface area contributed by atoms with Crippen molar-refractivity contribution in [3.63, 3.8) is 0 Å². The van der Waals surface area contributed by atoms with Gasteiger partial charge in [0.05, 0.1) is 5.69 Å². The van der Waals surface area contributed by atoms with Crippen LogP contribution in [0.5, 0.6) is 0 Å². The zero-order chi connectivity index (χ0) is 22.4. The molecule has 6 rings (SSSR count). The van der Waals surface area contributed by atoms with E-state index in [9.17, 15) is 0 Å². The molecule has 2 aliphatic heterocycles. The molecular weight excluding hydrogens is 410 g/mol. The van der Waals surface area contributed by atoms with Crippen LogP contribution in [0.3, 0.4) is 0 Å². The molecule has 3 aromatic heterocycles. The van der Waals surface area contributed by atoms with Gasteiger partial charge in [-0.3, -0.25) is 9.30 Å². The summed E-state index contributed by atoms with van der Waals surface area (Å²) in [6.45, 7) is 7.45. The second-order valence-corrected chi connectivity index (χ2v) is 9.35. The Labute approximate surface area is 194 Å². The van der Waals surface area contributed by atoms with E-state index in [0.29, 0.717) is 18.1 Å². The molecule has 168 valence electrons. The van der Waals surface area contributed by atoms with Gasteiger partial charge in [-0.1, -0.05) is 30.3 Å². The van der Waals surface area contributed by atoms with Gasteiger partial charge >= 0.3 is 0 Å². The number of rotatable bonds is 6. The molecule has 33 heavy (non-hydrogen) atoms. The summed E-state index contributed by atoms with van der Waals surface area (Å²) in [6.07, 6.45) is 6.94. The van der Waals surface area contributed by atoms with E-state index in [1.165, 1.54) is 12.0 Å². The van der Waals surface area contributed by atoms with Gasteiger partial charge in [0.2, 0.25) is 5.95 Å². The standard InChI is InChI=1S/C26H29N7/c1-18(2)32-16-22-13-21(32)17-33(22)26-30-23(14-25-28-10-11-31(25)26)20-8-9-27-24(12-20)29-15-19-6-4-3-5-7-19/h3-12,14,18,21-22H,13,15-17H2,1-2H3,(H,27,29)/t21-,22-/m0/s1. The smallest absolute Gasteiger partial charge is 0.212 e. The minimum absolute atomic E-state index is 0.506. The van der Waals surface area contributed by atoms with Gasteiger partial charge in [-0.15, -0.1) is 0 Å². The summed E-state index contributed by atoms with van der Waals surface area (Å²) in [5.41, 5.74) is 4.12. The molecule has 0 spiro atoms. The van der Waals surface area contributed by atoms with Crippen LogP contribution in [0.15, 0.2) is 67.1 Å². The van der Waals surface area contributed by atoms with Crippen molar-refractivity contribution in [3.05, 3.63) is 72.7 Å². The van der Waals surface area contributed by atoms with Gasteiger partial charge in [0.25, 0.3) is 0 Å². The molecule has 2 saturated heterocycles. The van der Waals surface area contributed by atoms with E-state index in [1.54, 1.807) is 0 Å². The lowest BCUT2D eigenvalue weighted by atomic mass is 10.1. The van der Waals surface area contributed by atoms with Crippen molar-refractivity contribution in [2.75, 3.05) is 23.3 Å². The lowest BCUT2D eigenvalue weighted by Gasteiger charge is -2.37. The zero-order valence-electron chi connectivity index (χ0n) is 19.1. The van der Waals surface area contributed by atoms with Crippen molar-refractivity contribution in [2.24, 2.45) is 0 Å². The number of nitrogens with one attached hydrogen (secondary N) is 1. The molecule has 0 amide bonds. The van der Waals surface area contributed by atoms with Crippen LogP contribution in [-0.2, 0) is 6.54 Å². The molecule has 4 aromatic rings. The monoisotopic (exact) mass is 439 g/mol. The third kappa shape index (κ3) is 3.72. The highest BCUT2D eigenvalue weighted by Crippen LogP contribution is 2.36. The van der Waals surface area contributed by atoms with Gasteiger partial charge in [0.15, 0.2) is 0 Å². The summed E-state index contributed by atoms with van der Waals surface area (Å²) in [5, 5.41) is 3.43. The van der Waals surface area contributed by atoms with Crippen LogP contribution < -0.4 is 10.2 Å². The molecule has 2 fully saturated rings. The number of aromatic nitrogens is 4. The predicted molar refractivity (Wildman–Crippen MR) is 131 cm³/mol. The van der Waals surface area contributed by atoms with Gasteiger partial charge in [0, 0.05) is 68.0 Å². The minimum atomic E-state index is 0.506. The molecular formula is C26H29N7. The molecule has 2 atom stereocenters. The number of fused-ring (bicyclic) bond motifs is 3. The third-order valence-corrected chi connectivity index (χ3v) is 6.95. The number of pyridine rings is 1. The van der Waals surface area contributed by atoms with Crippen LogP contribution in [0.2, 0.25) is 0 Å². The van der Waals surface area contributed by atoms with Crippen LogP contribution in [0.25, 0.3) is 16.9 Å². The van der Waals surface area contributed by atoms with Gasteiger partial charge < -0.3 is 10.2 Å². The van der Waals surface area contributed by atoms with Gasteiger partial charge in [-0.2, -0.15) is 0 Å². The maximum Gasteiger partial charge on any atom is 0.212 e. The fourth-order valence-electron chi connectivity index (χ4n) is 5.31. The molecule has 7 nitrogen and oxygen atoms in total. The van der Waals surface area contributed by atoms with E-state index < -0.39 is 0 Å². The Bertz CT molecular complexity index is 1270. The fraction of sp³-hybridized carbons (Fsp3) is 0.346. The Balaban J connectivity index is 1.30. The first-order valence-corrected chi connectivity index (χ1v) is 11.8. The van der Waals surface area contributed by atoms with Crippen molar-refractivity contribution >= 4 is 17.4 Å².